The van der Waals surface area contributed by atoms with Crippen LogP contribution in [0, 0.1) is 0 Å². The van der Waals surface area contributed by atoms with Gasteiger partial charge in [0.05, 0.1) is 5.60 Å². The molecule has 2 atom stereocenters. The zero-order valence-electron chi connectivity index (χ0n) is 11.2. The van der Waals surface area contributed by atoms with E-state index in [0.29, 0.717) is 6.04 Å². The van der Waals surface area contributed by atoms with Gasteiger partial charge in [-0.3, -0.25) is 0 Å². The van der Waals surface area contributed by atoms with E-state index in [-0.39, 0.29) is 5.60 Å². The predicted octanol–water partition coefficient (Wildman–Crippen LogP) is 2.92. The summed E-state index contributed by atoms with van der Waals surface area (Å²) in [7, 11) is 0. The van der Waals surface area contributed by atoms with Crippen LogP contribution in [0.5, 0.6) is 0 Å². The van der Waals surface area contributed by atoms with E-state index in [2.05, 4.69) is 28.8 Å². The fourth-order valence-electron chi connectivity index (χ4n) is 3.40. The van der Waals surface area contributed by atoms with Crippen LogP contribution in [0.25, 0.3) is 0 Å². The van der Waals surface area contributed by atoms with Gasteiger partial charge in [-0.1, -0.05) is 0 Å². The van der Waals surface area contributed by atoms with Gasteiger partial charge in [0.25, 0.3) is 0 Å². The van der Waals surface area contributed by atoms with E-state index < -0.39 is 0 Å². The van der Waals surface area contributed by atoms with E-state index in [1.54, 1.807) is 0 Å². The predicted molar refractivity (Wildman–Crippen MR) is 81.7 cm³/mol. The van der Waals surface area contributed by atoms with Crippen molar-refractivity contribution in [2.75, 3.05) is 30.4 Å². The highest BCUT2D eigenvalue weighted by molar-refractivity contribution is 8.00. The lowest BCUT2D eigenvalue weighted by atomic mass is 9.85. The third-order valence-corrected chi connectivity index (χ3v) is 6.94. The van der Waals surface area contributed by atoms with E-state index in [4.69, 9.17) is 4.74 Å². The van der Waals surface area contributed by atoms with Gasteiger partial charge in [0.2, 0.25) is 0 Å². The molecule has 2 nitrogen and oxygen atoms in total. The summed E-state index contributed by atoms with van der Waals surface area (Å²) in [6.07, 6.45) is 7.86. The molecule has 1 N–H and O–H groups in total. The third kappa shape index (κ3) is 3.38. The quantitative estimate of drug-likeness (QED) is 0.861. The summed E-state index contributed by atoms with van der Waals surface area (Å²) in [6, 6.07) is 0.711. The van der Waals surface area contributed by atoms with Crippen molar-refractivity contribution < 1.29 is 4.74 Å². The Labute approximate surface area is 119 Å². The molecule has 0 saturated carbocycles. The van der Waals surface area contributed by atoms with Crippen LogP contribution in [-0.2, 0) is 4.74 Å². The number of nitrogens with one attached hydrogen (secondary N) is 1. The monoisotopic (exact) mass is 287 g/mol. The maximum absolute atomic E-state index is 6.15. The first kappa shape index (κ1) is 13.6. The molecule has 3 saturated heterocycles. The molecule has 0 radical (unpaired) electrons. The van der Waals surface area contributed by atoms with E-state index in [9.17, 15) is 0 Å². The highest BCUT2D eigenvalue weighted by Crippen LogP contribution is 2.37. The maximum atomic E-state index is 6.15. The number of hydrogen-bond acceptors (Lipinski definition) is 4. The van der Waals surface area contributed by atoms with Crippen molar-refractivity contribution in [3.05, 3.63) is 0 Å². The zero-order chi connectivity index (χ0) is 12.3. The molecule has 3 fully saturated rings. The molecule has 3 heterocycles. The van der Waals surface area contributed by atoms with Crippen molar-refractivity contribution in [2.24, 2.45) is 0 Å². The first-order chi connectivity index (χ1) is 8.86. The second kappa shape index (κ2) is 6.38. The van der Waals surface area contributed by atoms with Crippen molar-refractivity contribution in [3.63, 3.8) is 0 Å². The van der Waals surface area contributed by atoms with Gasteiger partial charge in [0, 0.05) is 24.4 Å². The molecule has 1 spiro atoms. The van der Waals surface area contributed by atoms with E-state index in [1.807, 2.05) is 0 Å². The van der Waals surface area contributed by atoms with Gasteiger partial charge in [-0.2, -0.15) is 23.5 Å². The summed E-state index contributed by atoms with van der Waals surface area (Å²) in [5.74, 6) is 3.97. The first-order valence-corrected chi connectivity index (χ1v) is 9.63. The maximum Gasteiger partial charge on any atom is 0.0713 e. The second-order valence-electron chi connectivity index (χ2n) is 5.88. The molecule has 3 rings (SSSR count). The Morgan fingerprint density at radius 1 is 1.17 bits per heavy atom. The molecule has 0 aromatic rings. The average Bonchev–Trinajstić information content (AvgIpc) is 2.91. The summed E-state index contributed by atoms with van der Waals surface area (Å²) in [5.41, 5.74) is 0.240. The molecule has 0 aliphatic carbocycles. The Kier molecular flexibility index (Phi) is 4.82. The Hall–Kier alpha value is 0.620. The smallest absolute Gasteiger partial charge is 0.0713 e. The van der Waals surface area contributed by atoms with Crippen molar-refractivity contribution in [1.82, 2.24) is 5.32 Å². The SMILES string of the molecule is C1CSC(CNC2CCOC3(CCSCC3)C2)C1. The highest BCUT2D eigenvalue weighted by atomic mass is 32.2. The fourth-order valence-corrected chi connectivity index (χ4v) is 5.85. The van der Waals surface area contributed by atoms with Crippen LogP contribution in [-0.4, -0.2) is 47.3 Å². The summed E-state index contributed by atoms with van der Waals surface area (Å²) in [6.45, 7) is 2.19. The molecule has 3 aliphatic rings. The number of hydrogen-bond donors (Lipinski definition) is 1. The molecule has 18 heavy (non-hydrogen) atoms. The molecule has 0 aromatic heterocycles. The van der Waals surface area contributed by atoms with Crippen molar-refractivity contribution in [1.29, 1.82) is 0 Å². The average molecular weight is 287 g/mol. The Bertz CT molecular complexity index is 257. The normalized spacial score (nSPS) is 36.0. The van der Waals surface area contributed by atoms with Gasteiger partial charge in [-0.25, -0.2) is 0 Å². The Morgan fingerprint density at radius 2 is 2.06 bits per heavy atom. The van der Waals surface area contributed by atoms with Gasteiger partial charge < -0.3 is 10.1 Å². The molecular formula is C14H25NOS2. The Morgan fingerprint density at radius 3 is 2.83 bits per heavy atom. The van der Waals surface area contributed by atoms with Gasteiger partial charge in [0.15, 0.2) is 0 Å². The van der Waals surface area contributed by atoms with Crippen LogP contribution < -0.4 is 5.32 Å². The summed E-state index contributed by atoms with van der Waals surface area (Å²) in [5, 5.41) is 4.71. The molecule has 0 amide bonds. The largest absolute Gasteiger partial charge is 0.375 e. The van der Waals surface area contributed by atoms with Crippen LogP contribution in [0.4, 0.5) is 0 Å². The van der Waals surface area contributed by atoms with Crippen LogP contribution in [0.2, 0.25) is 0 Å². The lowest BCUT2D eigenvalue weighted by Crippen LogP contribution is -2.49. The standard InChI is InChI=1S/C14H25NOS2/c1-2-13(18-7-1)11-15-12-3-6-16-14(10-12)4-8-17-9-5-14/h12-13,15H,1-11H2. The van der Waals surface area contributed by atoms with E-state index >= 15 is 0 Å². The van der Waals surface area contributed by atoms with Gasteiger partial charge in [-0.05, 0) is 55.8 Å². The minimum Gasteiger partial charge on any atom is -0.375 e. The Balaban J connectivity index is 1.47. The molecule has 2 unspecified atom stereocenters. The van der Waals surface area contributed by atoms with E-state index in [1.165, 1.54) is 62.3 Å². The molecule has 0 aromatic carbocycles. The van der Waals surface area contributed by atoms with Crippen LogP contribution >= 0.6 is 23.5 Å². The van der Waals surface area contributed by atoms with Crippen molar-refractivity contribution >= 4 is 23.5 Å². The fraction of sp³-hybridized carbons (Fsp3) is 1.00. The van der Waals surface area contributed by atoms with Crippen molar-refractivity contribution in [2.45, 2.75) is 55.4 Å². The number of ether oxygens (including phenoxy) is 1. The topological polar surface area (TPSA) is 21.3 Å². The zero-order valence-corrected chi connectivity index (χ0v) is 12.8. The van der Waals surface area contributed by atoms with Crippen molar-refractivity contribution in [3.8, 4) is 0 Å². The third-order valence-electron chi connectivity index (χ3n) is 4.56. The molecule has 3 aliphatic heterocycles. The highest BCUT2D eigenvalue weighted by Gasteiger charge is 2.38. The summed E-state index contributed by atoms with van der Waals surface area (Å²) in [4.78, 5) is 0. The minimum absolute atomic E-state index is 0.240. The minimum atomic E-state index is 0.240. The first-order valence-electron chi connectivity index (χ1n) is 7.43. The lowest BCUT2D eigenvalue weighted by Gasteiger charge is -2.43. The van der Waals surface area contributed by atoms with Crippen LogP contribution in [0.3, 0.4) is 0 Å². The summed E-state index contributed by atoms with van der Waals surface area (Å²) < 4.78 is 6.15. The second-order valence-corrected chi connectivity index (χ2v) is 8.51. The molecule has 104 valence electrons. The molecule has 4 heteroatoms. The summed E-state index contributed by atoms with van der Waals surface area (Å²) >= 11 is 4.25. The van der Waals surface area contributed by atoms with Gasteiger partial charge in [0.1, 0.15) is 0 Å². The van der Waals surface area contributed by atoms with Gasteiger partial charge in [-0.15, -0.1) is 0 Å². The van der Waals surface area contributed by atoms with Gasteiger partial charge >= 0.3 is 0 Å². The molecule has 0 bridgehead atoms. The lowest BCUT2D eigenvalue weighted by molar-refractivity contribution is -0.0930. The number of thioether (sulfide) groups is 2. The number of rotatable bonds is 3. The van der Waals surface area contributed by atoms with Crippen LogP contribution in [0.15, 0.2) is 0 Å². The van der Waals surface area contributed by atoms with Crippen LogP contribution in [0.1, 0.15) is 38.5 Å². The molecular weight excluding hydrogens is 262 g/mol. The van der Waals surface area contributed by atoms with E-state index in [0.717, 1.165) is 11.9 Å².